The van der Waals surface area contributed by atoms with Crippen molar-refractivity contribution in [2.24, 2.45) is 0 Å². The summed E-state index contributed by atoms with van der Waals surface area (Å²) in [4.78, 5) is 23.8. The van der Waals surface area contributed by atoms with Gasteiger partial charge < -0.3 is 15.4 Å². The van der Waals surface area contributed by atoms with Crippen molar-refractivity contribution in [2.45, 2.75) is 19.3 Å². The van der Waals surface area contributed by atoms with Gasteiger partial charge in [0.25, 0.3) is 5.91 Å². The number of nitrogens with one attached hydrogen (secondary N) is 2. The molecule has 0 saturated heterocycles. The summed E-state index contributed by atoms with van der Waals surface area (Å²) in [6.07, 6.45) is 3.01. The Morgan fingerprint density at radius 2 is 2.18 bits per heavy atom. The summed E-state index contributed by atoms with van der Waals surface area (Å²) in [5.74, 6) is -0.480. The van der Waals surface area contributed by atoms with Crippen molar-refractivity contribution < 1.29 is 9.72 Å². The summed E-state index contributed by atoms with van der Waals surface area (Å²) in [7, 11) is 0. The molecule has 1 aromatic rings. The van der Waals surface area contributed by atoms with Crippen LogP contribution in [-0.4, -0.2) is 27.7 Å². The van der Waals surface area contributed by atoms with Crippen molar-refractivity contribution >= 4 is 27.7 Å². The zero-order valence-corrected chi connectivity index (χ0v) is 10.8. The molecule has 0 spiro atoms. The number of alkyl halides is 1. The van der Waals surface area contributed by atoms with Gasteiger partial charge in [0.05, 0.1) is 0 Å². The van der Waals surface area contributed by atoms with Crippen LogP contribution in [0.15, 0.2) is 12.1 Å². The van der Waals surface area contributed by atoms with Gasteiger partial charge in [0.1, 0.15) is 0 Å². The van der Waals surface area contributed by atoms with E-state index in [0.717, 1.165) is 24.6 Å². The van der Waals surface area contributed by atoms with Crippen LogP contribution in [0.5, 0.6) is 0 Å². The molecule has 0 aliphatic heterocycles. The molecule has 17 heavy (non-hydrogen) atoms. The number of hydrogen-bond donors (Lipinski definition) is 2. The van der Waals surface area contributed by atoms with Crippen LogP contribution in [0.25, 0.3) is 0 Å². The van der Waals surface area contributed by atoms with Crippen molar-refractivity contribution in [3.05, 3.63) is 27.9 Å². The van der Waals surface area contributed by atoms with Crippen LogP contribution in [0.4, 0.5) is 5.82 Å². The lowest BCUT2D eigenvalue weighted by atomic mass is 10.2. The van der Waals surface area contributed by atoms with E-state index in [1.54, 1.807) is 0 Å². The number of hydrogen-bond acceptors (Lipinski definition) is 3. The number of halogens is 1. The molecule has 0 aliphatic rings. The van der Waals surface area contributed by atoms with E-state index in [0.29, 0.717) is 6.54 Å². The maximum Gasteiger partial charge on any atom is 0.321 e. The number of nitro groups is 1. The van der Waals surface area contributed by atoms with Gasteiger partial charge in [-0.2, -0.15) is 0 Å². The Balaban J connectivity index is 2.34. The highest BCUT2D eigenvalue weighted by molar-refractivity contribution is 9.09. The summed E-state index contributed by atoms with van der Waals surface area (Å²) >= 11 is 3.33. The zero-order valence-electron chi connectivity index (χ0n) is 9.24. The van der Waals surface area contributed by atoms with Gasteiger partial charge in [-0.3, -0.25) is 4.79 Å². The summed E-state index contributed by atoms with van der Waals surface area (Å²) in [6.45, 7) is 0.582. The standard InChI is InChI=1S/C10H14BrN3O3/c11-6-2-1-3-7-12-10(15)8-4-5-9(13-8)14(16)17/h4-5,13H,1-3,6-7H2,(H,12,15). The molecule has 0 aromatic carbocycles. The Hall–Kier alpha value is -1.37. The van der Waals surface area contributed by atoms with Crippen LogP contribution in [0.1, 0.15) is 29.8 Å². The van der Waals surface area contributed by atoms with E-state index in [-0.39, 0.29) is 17.4 Å². The molecule has 0 unspecified atom stereocenters. The summed E-state index contributed by atoms with van der Waals surface area (Å²) in [5, 5.41) is 14.1. The Morgan fingerprint density at radius 3 is 2.76 bits per heavy atom. The molecule has 0 atom stereocenters. The molecule has 0 bridgehead atoms. The first-order chi connectivity index (χ1) is 8.15. The van der Waals surface area contributed by atoms with E-state index in [2.05, 4.69) is 26.2 Å². The third-order valence-electron chi connectivity index (χ3n) is 2.21. The molecule has 6 nitrogen and oxygen atoms in total. The molecule has 0 aliphatic carbocycles. The highest BCUT2D eigenvalue weighted by atomic mass is 79.9. The second-order valence-electron chi connectivity index (χ2n) is 3.52. The molecule has 7 heteroatoms. The molecular formula is C10H14BrN3O3. The van der Waals surface area contributed by atoms with Crippen LogP contribution in [0.2, 0.25) is 0 Å². The van der Waals surface area contributed by atoms with E-state index in [4.69, 9.17) is 0 Å². The zero-order chi connectivity index (χ0) is 12.7. The first-order valence-corrected chi connectivity index (χ1v) is 6.45. The fourth-order valence-corrected chi connectivity index (χ4v) is 1.71. The molecule has 1 amide bonds. The van der Waals surface area contributed by atoms with Crippen molar-refractivity contribution in [3.63, 3.8) is 0 Å². The molecule has 0 radical (unpaired) electrons. The van der Waals surface area contributed by atoms with E-state index in [1.165, 1.54) is 12.1 Å². The topological polar surface area (TPSA) is 88.0 Å². The van der Waals surface area contributed by atoms with Crippen LogP contribution >= 0.6 is 15.9 Å². The largest absolute Gasteiger partial charge is 0.358 e. The lowest BCUT2D eigenvalue weighted by molar-refractivity contribution is -0.389. The molecule has 2 N–H and O–H groups in total. The molecule has 94 valence electrons. The van der Waals surface area contributed by atoms with Gasteiger partial charge >= 0.3 is 5.82 Å². The normalized spacial score (nSPS) is 10.2. The van der Waals surface area contributed by atoms with Crippen LogP contribution < -0.4 is 5.32 Å². The predicted molar refractivity (Wildman–Crippen MR) is 67.4 cm³/mol. The quantitative estimate of drug-likeness (QED) is 0.350. The summed E-state index contributed by atoms with van der Waals surface area (Å²) in [6, 6.07) is 2.69. The Morgan fingerprint density at radius 1 is 1.41 bits per heavy atom. The Labute approximate surface area is 107 Å². The van der Waals surface area contributed by atoms with Crippen molar-refractivity contribution in [3.8, 4) is 0 Å². The molecule has 1 heterocycles. The van der Waals surface area contributed by atoms with E-state index in [1.807, 2.05) is 0 Å². The average Bonchev–Trinajstić information content (AvgIpc) is 2.78. The van der Waals surface area contributed by atoms with Crippen molar-refractivity contribution in [2.75, 3.05) is 11.9 Å². The van der Waals surface area contributed by atoms with E-state index >= 15 is 0 Å². The van der Waals surface area contributed by atoms with Crippen molar-refractivity contribution in [1.82, 2.24) is 10.3 Å². The lowest BCUT2D eigenvalue weighted by Crippen LogP contribution is -2.24. The lowest BCUT2D eigenvalue weighted by Gasteiger charge is -2.01. The molecule has 0 saturated carbocycles. The van der Waals surface area contributed by atoms with Gasteiger partial charge in [-0.15, -0.1) is 0 Å². The number of H-pyrrole nitrogens is 1. The third kappa shape index (κ3) is 4.56. The second kappa shape index (κ2) is 7.05. The maximum absolute atomic E-state index is 11.5. The number of amides is 1. The Bertz CT molecular complexity index is 392. The van der Waals surface area contributed by atoms with Crippen LogP contribution in [0, 0.1) is 10.1 Å². The number of aromatic nitrogens is 1. The van der Waals surface area contributed by atoms with Gasteiger partial charge in [-0.05, 0) is 23.8 Å². The van der Waals surface area contributed by atoms with Crippen LogP contribution in [0.3, 0.4) is 0 Å². The smallest absolute Gasteiger partial charge is 0.321 e. The Kier molecular flexibility index (Phi) is 5.68. The van der Waals surface area contributed by atoms with Gasteiger partial charge in [0.2, 0.25) is 0 Å². The minimum Gasteiger partial charge on any atom is -0.358 e. The van der Waals surface area contributed by atoms with Crippen molar-refractivity contribution in [1.29, 1.82) is 0 Å². The second-order valence-corrected chi connectivity index (χ2v) is 4.31. The number of rotatable bonds is 7. The first-order valence-electron chi connectivity index (χ1n) is 5.32. The highest BCUT2D eigenvalue weighted by Crippen LogP contribution is 2.09. The fraction of sp³-hybridized carbons (Fsp3) is 0.500. The fourth-order valence-electron chi connectivity index (χ4n) is 1.32. The number of unbranched alkanes of at least 4 members (excludes halogenated alkanes) is 2. The minimum atomic E-state index is -0.563. The van der Waals surface area contributed by atoms with Gasteiger partial charge in [-0.25, -0.2) is 4.98 Å². The molecule has 1 rings (SSSR count). The van der Waals surface area contributed by atoms with E-state index < -0.39 is 4.92 Å². The number of nitrogens with zero attached hydrogens (tertiary/aromatic N) is 1. The highest BCUT2D eigenvalue weighted by Gasteiger charge is 2.14. The SMILES string of the molecule is O=C(NCCCCCBr)c1ccc([N+](=O)[O-])[nH]1. The maximum atomic E-state index is 11.5. The first kappa shape index (κ1) is 13.7. The van der Waals surface area contributed by atoms with Gasteiger partial charge in [-0.1, -0.05) is 22.4 Å². The van der Waals surface area contributed by atoms with E-state index in [9.17, 15) is 14.9 Å². The number of carbonyl (C=O) groups is 1. The average molecular weight is 304 g/mol. The predicted octanol–water partition coefficient (Wildman–Crippen LogP) is 2.22. The number of aromatic amines is 1. The minimum absolute atomic E-state index is 0.172. The molecular weight excluding hydrogens is 290 g/mol. The summed E-state index contributed by atoms with van der Waals surface area (Å²) in [5.41, 5.74) is 0.220. The van der Waals surface area contributed by atoms with Crippen LogP contribution in [-0.2, 0) is 0 Å². The summed E-state index contributed by atoms with van der Waals surface area (Å²) < 4.78 is 0. The molecule has 0 fully saturated rings. The van der Waals surface area contributed by atoms with Gasteiger partial charge in [0, 0.05) is 17.9 Å². The monoisotopic (exact) mass is 303 g/mol. The third-order valence-corrected chi connectivity index (χ3v) is 2.77. The number of carbonyl (C=O) groups excluding carboxylic acids is 1. The molecule has 1 aromatic heterocycles. The van der Waals surface area contributed by atoms with Gasteiger partial charge in [0.15, 0.2) is 5.69 Å².